The molecule has 0 heterocycles. The van der Waals surface area contributed by atoms with Gasteiger partial charge in [-0.1, -0.05) is 51.8 Å². The van der Waals surface area contributed by atoms with Gasteiger partial charge in [-0.25, -0.2) is 4.79 Å². The number of ether oxygens (including phenoxy) is 1. The Labute approximate surface area is 181 Å². The summed E-state index contributed by atoms with van der Waals surface area (Å²) in [6.07, 6.45) is 4.99. The van der Waals surface area contributed by atoms with Gasteiger partial charge in [0.05, 0.1) is 11.3 Å². The van der Waals surface area contributed by atoms with Gasteiger partial charge in [0.25, 0.3) is 0 Å². The summed E-state index contributed by atoms with van der Waals surface area (Å²) in [5.41, 5.74) is 2.12. The van der Waals surface area contributed by atoms with E-state index >= 15 is 0 Å². The second-order valence-electron chi connectivity index (χ2n) is 7.50. The van der Waals surface area contributed by atoms with Crippen molar-refractivity contribution < 1.29 is 14.6 Å². The molecule has 0 atom stereocenters. The Hall–Kier alpha value is -2.53. The third-order valence-electron chi connectivity index (χ3n) is 5.08. The van der Waals surface area contributed by atoms with E-state index in [9.17, 15) is 9.90 Å². The van der Waals surface area contributed by atoms with Crippen molar-refractivity contribution in [2.75, 3.05) is 31.1 Å². The number of nitrogens with one attached hydrogen (secondary N) is 1. The first-order valence-corrected chi connectivity index (χ1v) is 11.2. The highest BCUT2D eigenvalue weighted by Crippen LogP contribution is 2.38. The number of carbonyl (C=O) groups is 1. The first kappa shape index (κ1) is 23.7. The van der Waals surface area contributed by atoms with E-state index in [1.54, 1.807) is 12.1 Å². The van der Waals surface area contributed by atoms with E-state index in [0.717, 1.165) is 74.6 Å². The van der Waals surface area contributed by atoms with Gasteiger partial charge in [0, 0.05) is 13.1 Å². The van der Waals surface area contributed by atoms with Crippen LogP contribution in [0.4, 0.5) is 5.69 Å². The van der Waals surface area contributed by atoms with Crippen LogP contribution in [0.5, 0.6) is 11.5 Å². The van der Waals surface area contributed by atoms with Gasteiger partial charge in [-0.15, -0.1) is 0 Å². The summed E-state index contributed by atoms with van der Waals surface area (Å²) in [6.45, 7) is 9.84. The first-order valence-electron chi connectivity index (χ1n) is 11.2. The number of nitrogens with zero attached hydrogens (tertiary/aromatic N) is 1. The molecule has 5 nitrogen and oxygen atoms in total. The fourth-order valence-electron chi connectivity index (χ4n) is 3.39. The molecule has 2 aromatic carbocycles. The van der Waals surface area contributed by atoms with Crippen LogP contribution < -0.4 is 15.0 Å². The smallest absolute Gasteiger partial charge is 0.335 e. The summed E-state index contributed by atoms with van der Waals surface area (Å²) in [6, 6.07) is 13.3. The van der Waals surface area contributed by atoms with Crippen molar-refractivity contribution in [2.24, 2.45) is 0 Å². The normalized spacial score (nSPS) is 10.8. The van der Waals surface area contributed by atoms with Crippen LogP contribution in [0.2, 0.25) is 0 Å². The van der Waals surface area contributed by atoms with Crippen LogP contribution in [0, 0.1) is 0 Å². The van der Waals surface area contributed by atoms with Gasteiger partial charge in [-0.2, -0.15) is 0 Å². The van der Waals surface area contributed by atoms with Crippen molar-refractivity contribution in [2.45, 2.75) is 52.9 Å². The molecule has 2 N–H and O–H groups in total. The van der Waals surface area contributed by atoms with Crippen molar-refractivity contribution >= 4 is 11.7 Å². The molecule has 0 aliphatic heterocycles. The number of carboxylic acid groups (broad SMARTS) is 1. The maximum Gasteiger partial charge on any atom is 0.335 e. The molecule has 0 aromatic heterocycles. The van der Waals surface area contributed by atoms with Crippen LogP contribution in [0.3, 0.4) is 0 Å². The number of hydrogen-bond donors (Lipinski definition) is 2. The minimum atomic E-state index is -0.904. The molecule has 0 saturated heterocycles. The molecular weight excluding hydrogens is 376 g/mol. The number of aromatic carboxylic acids is 1. The molecule has 2 aromatic rings. The Morgan fingerprint density at radius 1 is 1.03 bits per heavy atom. The van der Waals surface area contributed by atoms with Gasteiger partial charge in [-0.05, 0) is 62.2 Å². The molecule has 0 aliphatic carbocycles. The molecule has 0 aliphatic rings. The van der Waals surface area contributed by atoms with Gasteiger partial charge >= 0.3 is 5.97 Å². The van der Waals surface area contributed by atoms with Crippen LogP contribution >= 0.6 is 0 Å². The second kappa shape index (κ2) is 12.9. The number of para-hydroxylation sites is 1. The predicted molar refractivity (Wildman–Crippen MR) is 124 cm³/mol. The van der Waals surface area contributed by atoms with E-state index in [0.29, 0.717) is 12.0 Å². The van der Waals surface area contributed by atoms with Crippen molar-refractivity contribution in [1.82, 2.24) is 5.32 Å². The number of rotatable bonds is 14. The molecule has 0 radical (unpaired) electrons. The fourth-order valence-corrected chi connectivity index (χ4v) is 3.39. The van der Waals surface area contributed by atoms with Gasteiger partial charge in [0.15, 0.2) is 5.75 Å². The standard InChI is InChI=1S/C25H36N2O3/c1-4-7-16-27(17-8-5-2)23-19-21(25(28)29)18-20(14-15-26-6-3)24(23)30-22-12-10-9-11-13-22/h9-13,18-19,26H,4-8,14-17H2,1-3H3,(H,28,29). The van der Waals surface area contributed by atoms with Crippen LogP contribution in [-0.4, -0.2) is 37.3 Å². The number of unbranched alkanes of at least 4 members (excludes halogenated alkanes) is 2. The van der Waals surface area contributed by atoms with E-state index in [1.165, 1.54) is 0 Å². The maximum absolute atomic E-state index is 11.9. The highest BCUT2D eigenvalue weighted by Gasteiger charge is 2.20. The highest BCUT2D eigenvalue weighted by molar-refractivity contribution is 5.90. The zero-order valence-electron chi connectivity index (χ0n) is 18.6. The quantitative estimate of drug-likeness (QED) is 0.388. The monoisotopic (exact) mass is 412 g/mol. The molecule has 0 spiro atoms. The molecule has 0 fully saturated rings. The molecule has 5 heteroatoms. The summed E-state index contributed by atoms with van der Waals surface area (Å²) in [4.78, 5) is 14.2. The van der Waals surface area contributed by atoms with Crippen LogP contribution in [0.25, 0.3) is 0 Å². The summed E-state index contributed by atoms with van der Waals surface area (Å²) >= 11 is 0. The molecule has 0 bridgehead atoms. The second-order valence-corrected chi connectivity index (χ2v) is 7.50. The molecule has 0 amide bonds. The molecule has 2 rings (SSSR count). The van der Waals surface area contributed by atoms with E-state index in [-0.39, 0.29) is 0 Å². The van der Waals surface area contributed by atoms with Gasteiger partial charge in [0.2, 0.25) is 0 Å². The molecule has 0 saturated carbocycles. The van der Waals surface area contributed by atoms with Crippen molar-refractivity contribution in [3.63, 3.8) is 0 Å². The van der Waals surface area contributed by atoms with Crippen LogP contribution in [0.1, 0.15) is 62.4 Å². The first-order chi connectivity index (χ1) is 14.6. The Bertz CT molecular complexity index is 769. The van der Waals surface area contributed by atoms with Gasteiger partial charge < -0.3 is 20.1 Å². The maximum atomic E-state index is 11.9. The number of carboxylic acids is 1. The molecular formula is C25H36N2O3. The molecule has 0 unspecified atom stereocenters. The van der Waals surface area contributed by atoms with Crippen molar-refractivity contribution in [3.8, 4) is 11.5 Å². The minimum absolute atomic E-state index is 0.315. The molecule has 30 heavy (non-hydrogen) atoms. The van der Waals surface area contributed by atoms with Crippen molar-refractivity contribution in [3.05, 3.63) is 53.6 Å². The third kappa shape index (κ3) is 7.06. The number of hydrogen-bond acceptors (Lipinski definition) is 4. The third-order valence-corrected chi connectivity index (χ3v) is 5.08. The average Bonchev–Trinajstić information content (AvgIpc) is 2.75. The Balaban J connectivity index is 2.55. The number of anilines is 1. The SMILES string of the molecule is CCCCN(CCCC)c1cc(C(=O)O)cc(CCNCC)c1Oc1ccccc1. The lowest BCUT2D eigenvalue weighted by molar-refractivity contribution is 0.0696. The summed E-state index contributed by atoms with van der Waals surface area (Å²) in [7, 11) is 0. The van der Waals surface area contributed by atoms with Gasteiger partial charge in [-0.3, -0.25) is 0 Å². The Morgan fingerprint density at radius 3 is 2.27 bits per heavy atom. The topological polar surface area (TPSA) is 61.8 Å². The summed E-state index contributed by atoms with van der Waals surface area (Å²) < 4.78 is 6.38. The number of likely N-dealkylation sites (N-methyl/N-ethyl adjacent to an activating group) is 1. The van der Waals surface area contributed by atoms with E-state index in [1.807, 2.05) is 30.3 Å². The van der Waals surface area contributed by atoms with Gasteiger partial charge in [0.1, 0.15) is 5.75 Å². The van der Waals surface area contributed by atoms with E-state index in [4.69, 9.17) is 4.74 Å². The van der Waals surface area contributed by atoms with E-state index in [2.05, 4.69) is 31.0 Å². The zero-order chi connectivity index (χ0) is 21.8. The largest absolute Gasteiger partial charge is 0.478 e. The summed E-state index contributed by atoms with van der Waals surface area (Å²) in [5, 5.41) is 13.1. The Morgan fingerprint density at radius 2 is 1.70 bits per heavy atom. The number of benzene rings is 2. The average molecular weight is 413 g/mol. The highest BCUT2D eigenvalue weighted by atomic mass is 16.5. The minimum Gasteiger partial charge on any atom is -0.478 e. The van der Waals surface area contributed by atoms with Crippen LogP contribution in [-0.2, 0) is 6.42 Å². The lowest BCUT2D eigenvalue weighted by Crippen LogP contribution is -2.27. The fraction of sp³-hybridized carbons (Fsp3) is 0.480. The zero-order valence-corrected chi connectivity index (χ0v) is 18.6. The van der Waals surface area contributed by atoms with Crippen LogP contribution in [0.15, 0.2) is 42.5 Å². The van der Waals surface area contributed by atoms with E-state index < -0.39 is 5.97 Å². The van der Waals surface area contributed by atoms with Crippen molar-refractivity contribution in [1.29, 1.82) is 0 Å². The summed E-state index contributed by atoms with van der Waals surface area (Å²) in [5.74, 6) is 0.631. The Kier molecular flexibility index (Phi) is 10.2. The predicted octanol–water partition coefficient (Wildman–Crippen LogP) is 5.74. The lowest BCUT2D eigenvalue weighted by atomic mass is 10.0. The molecule has 164 valence electrons. The lowest BCUT2D eigenvalue weighted by Gasteiger charge is -2.28.